The van der Waals surface area contributed by atoms with Crippen LogP contribution in [0.4, 0.5) is 0 Å². The van der Waals surface area contributed by atoms with E-state index in [0.29, 0.717) is 5.92 Å². The van der Waals surface area contributed by atoms with Crippen LogP contribution < -0.4 is 5.32 Å². The molecule has 96 valence electrons. The van der Waals surface area contributed by atoms with E-state index in [1.807, 2.05) is 6.07 Å². The number of hydrogen-bond donors (Lipinski definition) is 1. The van der Waals surface area contributed by atoms with E-state index in [2.05, 4.69) is 53.3 Å². The van der Waals surface area contributed by atoms with Crippen molar-refractivity contribution in [3.8, 4) is 0 Å². The fraction of sp³-hybridized carbons (Fsp3) is 0.571. The predicted molar refractivity (Wildman–Crippen MR) is 79.6 cm³/mol. The summed E-state index contributed by atoms with van der Waals surface area (Å²) in [6.45, 7) is 6.15. The van der Waals surface area contributed by atoms with Gasteiger partial charge in [-0.1, -0.05) is 60.8 Å². The van der Waals surface area contributed by atoms with Crippen molar-refractivity contribution in [2.45, 2.75) is 38.6 Å². The summed E-state index contributed by atoms with van der Waals surface area (Å²) in [6, 6.07) is 8.27. The van der Waals surface area contributed by atoms with Crippen molar-refractivity contribution in [1.29, 1.82) is 0 Å². The summed E-state index contributed by atoms with van der Waals surface area (Å²) in [5.41, 5.74) is 1.28. The van der Waals surface area contributed by atoms with Gasteiger partial charge in [-0.25, -0.2) is 0 Å². The monoisotopic (exact) mass is 317 g/mol. The van der Waals surface area contributed by atoms with Gasteiger partial charge < -0.3 is 5.32 Å². The van der Waals surface area contributed by atoms with E-state index < -0.39 is 0 Å². The molecule has 0 fully saturated rings. The van der Waals surface area contributed by atoms with Crippen LogP contribution in [0.1, 0.15) is 32.3 Å². The van der Waals surface area contributed by atoms with Crippen molar-refractivity contribution in [2.24, 2.45) is 5.92 Å². The molecule has 1 N–H and O–H groups in total. The first-order chi connectivity index (χ1) is 8.19. The summed E-state index contributed by atoms with van der Waals surface area (Å²) in [6.07, 6.45) is 2.31. The highest BCUT2D eigenvalue weighted by Crippen LogP contribution is 2.19. The molecule has 0 aliphatic carbocycles. The summed E-state index contributed by atoms with van der Waals surface area (Å²) in [7, 11) is 0. The molecule has 1 nitrogen and oxygen atoms in total. The first-order valence-electron chi connectivity index (χ1n) is 6.27. The number of alkyl halides is 1. The van der Waals surface area contributed by atoms with Crippen LogP contribution >= 0.6 is 27.5 Å². The Hall–Kier alpha value is -0.0500. The van der Waals surface area contributed by atoms with Crippen LogP contribution in [0.2, 0.25) is 0 Å². The minimum absolute atomic E-state index is 0.229. The van der Waals surface area contributed by atoms with E-state index in [1.54, 1.807) is 0 Å². The third-order valence-corrected chi connectivity index (χ3v) is 4.46. The van der Waals surface area contributed by atoms with E-state index >= 15 is 0 Å². The SMILES string of the molecule is CCC(CC)C(Cl)CNCc1ccccc1Br. The molecule has 0 saturated heterocycles. The minimum atomic E-state index is 0.229. The Kier molecular flexibility index (Phi) is 7.17. The van der Waals surface area contributed by atoms with Gasteiger partial charge in [0.15, 0.2) is 0 Å². The van der Waals surface area contributed by atoms with Gasteiger partial charge in [-0.2, -0.15) is 0 Å². The fourth-order valence-corrected chi connectivity index (χ4v) is 2.84. The van der Waals surface area contributed by atoms with Crippen molar-refractivity contribution in [2.75, 3.05) is 6.54 Å². The Balaban J connectivity index is 2.35. The zero-order valence-corrected chi connectivity index (χ0v) is 12.9. The van der Waals surface area contributed by atoms with Gasteiger partial charge in [-0.3, -0.25) is 0 Å². The first kappa shape index (κ1) is 15.0. The maximum absolute atomic E-state index is 6.38. The second-order valence-electron chi connectivity index (χ2n) is 4.31. The van der Waals surface area contributed by atoms with Gasteiger partial charge in [0.05, 0.1) is 0 Å². The highest BCUT2D eigenvalue weighted by atomic mass is 79.9. The molecule has 1 rings (SSSR count). The smallest absolute Gasteiger partial charge is 0.0488 e. The van der Waals surface area contributed by atoms with Crippen molar-refractivity contribution in [1.82, 2.24) is 5.32 Å². The van der Waals surface area contributed by atoms with Gasteiger partial charge in [0.2, 0.25) is 0 Å². The first-order valence-corrected chi connectivity index (χ1v) is 7.50. The fourth-order valence-electron chi connectivity index (χ4n) is 1.95. The lowest BCUT2D eigenvalue weighted by molar-refractivity contribution is 0.446. The molecule has 0 amide bonds. The molecular formula is C14H21BrClN. The van der Waals surface area contributed by atoms with Crippen LogP contribution in [0.3, 0.4) is 0 Å². The van der Waals surface area contributed by atoms with Crippen molar-refractivity contribution < 1.29 is 0 Å². The lowest BCUT2D eigenvalue weighted by Gasteiger charge is -2.19. The normalized spacial score (nSPS) is 13.0. The third kappa shape index (κ3) is 4.99. The van der Waals surface area contributed by atoms with Gasteiger partial charge in [0, 0.05) is 22.9 Å². The van der Waals surface area contributed by atoms with Crippen LogP contribution in [-0.2, 0) is 6.54 Å². The third-order valence-electron chi connectivity index (χ3n) is 3.17. The van der Waals surface area contributed by atoms with E-state index in [4.69, 9.17) is 11.6 Å². The number of nitrogens with one attached hydrogen (secondary N) is 1. The van der Waals surface area contributed by atoms with Gasteiger partial charge in [-0.15, -0.1) is 11.6 Å². The molecule has 1 unspecified atom stereocenters. The maximum Gasteiger partial charge on any atom is 0.0488 e. The Morgan fingerprint density at radius 2 is 1.88 bits per heavy atom. The van der Waals surface area contributed by atoms with Gasteiger partial charge in [0.25, 0.3) is 0 Å². The largest absolute Gasteiger partial charge is 0.311 e. The summed E-state index contributed by atoms with van der Waals surface area (Å²) in [5, 5.41) is 3.66. The van der Waals surface area contributed by atoms with E-state index in [9.17, 15) is 0 Å². The molecule has 1 aromatic carbocycles. The highest BCUT2D eigenvalue weighted by molar-refractivity contribution is 9.10. The van der Waals surface area contributed by atoms with Crippen LogP contribution in [0.5, 0.6) is 0 Å². The van der Waals surface area contributed by atoms with Gasteiger partial charge in [-0.05, 0) is 17.5 Å². The van der Waals surface area contributed by atoms with Crippen molar-refractivity contribution >= 4 is 27.5 Å². The molecule has 0 aromatic heterocycles. The molecule has 0 aliphatic heterocycles. The van der Waals surface area contributed by atoms with Gasteiger partial charge in [0.1, 0.15) is 0 Å². The van der Waals surface area contributed by atoms with Crippen LogP contribution in [0, 0.1) is 5.92 Å². The molecular weight excluding hydrogens is 298 g/mol. The maximum atomic E-state index is 6.38. The average Bonchev–Trinajstić information content (AvgIpc) is 2.33. The molecule has 0 heterocycles. The summed E-state index contributed by atoms with van der Waals surface area (Å²) in [5.74, 6) is 0.614. The second-order valence-corrected chi connectivity index (χ2v) is 5.73. The van der Waals surface area contributed by atoms with Crippen LogP contribution in [0.15, 0.2) is 28.7 Å². The molecule has 0 spiro atoms. The molecule has 0 bridgehead atoms. The van der Waals surface area contributed by atoms with Crippen LogP contribution in [-0.4, -0.2) is 11.9 Å². The number of halogens is 2. The average molecular weight is 319 g/mol. The van der Waals surface area contributed by atoms with Crippen molar-refractivity contribution in [3.63, 3.8) is 0 Å². The topological polar surface area (TPSA) is 12.0 Å². The molecule has 17 heavy (non-hydrogen) atoms. The Labute approximate surface area is 118 Å². The van der Waals surface area contributed by atoms with Gasteiger partial charge >= 0.3 is 0 Å². The lowest BCUT2D eigenvalue weighted by Crippen LogP contribution is -2.28. The van der Waals surface area contributed by atoms with Crippen molar-refractivity contribution in [3.05, 3.63) is 34.3 Å². The molecule has 0 aliphatic rings. The zero-order valence-electron chi connectivity index (χ0n) is 10.5. The number of rotatable bonds is 7. The zero-order chi connectivity index (χ0) is 12.7. The Morgan fingerprint density at radius 3 is 2.47 bits per heavy atom. The Bertz CT molecular complexity index is 326. The molecule has 1 atom stereocenters. The molecule has 0 saturated carbocycles. The van der Waals surface area contributed by atoms with E-state index in [-0.39, 0.29) is 5.38 Å². The summed E-state index contributed by atoms with van der Waals surface area (Å²) >= 11 is 9.93. The number of benzene rings is 1. The molecule has 0 radical (unpaired) electrons. The minimum Gasteiger partial charge on any atom is -0.311 e. The molecule has 1 aromatic rings. The lowest BCUT2D eigenvalue weighted by atomic mass is 9.99. The number of hydrogen-bond acceptors (Lipinski definition) is 1. The standard InChI is InChI=1S/C14H21BrClN/c1-3-11(4-2)14(16)10-17-9-12-7-5-6-8-13(12)15/h5-8,11,14,17H,3-4,9-10H2,1-2H3. The summed E-state index contributed by atoms with van der Waals surface area (Å²) < 4.78 is 1.15. The summed E-state index contributed by atoms with van der Waals surface area (Å²) in [4.78, 5) is 0. The van der Waals surface area contributed by atoms with Crippen LogP contribution in [0.25, 0.3) is 0 Å². The highest BCUT2D eigenvalue weighted by Gasteiger charge is 2.14. The quantitative estimate of drug-likeness (QED) is 0.725. The van der Waals surface area contributed by atoms with E-state index in [1.165, 1.54) is 5.56 Å². The molecule has 3 heteroatoms. The predicted octanol–water partition coefficient (Wildman–Crippen LogP) is 4.58. The Morgan fingerprint density at radius 1 is 1.24 bits per heavy atom. The van der Waals surface area contributed by atoms with E-state index in [0.717, 1.165) is 30.4 Å². The second kappa shape index (κ2) is 8.12.